The van der Waals surface area contributed by atoms with Gasteiger partial charge in [0, 0.05) is 30.5 Å². The summed E-state index contributed by atoms with van der Waals surface area (Å²) in [5.41, 5.74) is 3.80. The molecule has 2 aromatic rings. The number of nitrogens with zero attached hydrogens (tertiary/aromatic N) is 4. The highest BCUT2D eigenvalue weighted by Crippen LogP contribution is 2.30. The van der Waals surface area contributed by atoms with Gasteiger partial charge in [0.05, 0.1) is 23.5 Å². The Bertz CT molecular complexity index is 855. The van der Waals surface area contributed by atoms with E-state index in [-0.39, 0.29) is 6.09 Å². The quantitative estimate of drug-likeness (QED) is 0.798. The zero-order valence-corrected chi connectivity index (χ0v) is 15.0. The highest BCUT2D eigenvalue weighted by Gasteiger charge is 2.29. The average Bonchev–Trinajstić information content (AvgIpc) is 2.91. The predicted molar refractivity (Wildman–Crippen MR) is 93.8 cm³/mol. The van der Waals surface area contributed by atoms with E-state index in [0.29, 0.717) is 25.2 Å². The molecule has 0 N–H and O–H groups in total. The summed E-state index contributed by atoms with van der Waals surface area (Å²) < 4.78 is 7.58. The van der Waals surface area contributed by atoms with Crippen molar-refractivity contribution in [1.29, 1.82) is 5.26 Å². The third kappa shape index (κ3) is 3.36. The average molecular weight is 338 g/mol. The van der Waals surface area contributed by atoms with Crippen LogP contribution in [-0.2, 0) is 17.8 Å². The molecule has 1 aliphatic heterocycles. The molecule has 0 bridgehead atoms. The van der Waals surface area contributed by atoms with Crippen molar-refractivity contribution in [3.05, 3.63) is 41.3 Å². The van der Waals surface area contributed by atoms with E-state index in [1.165, 1.54) is 0 Å². The Morgan fingerprint density at radius 2 is 2.12 bits per heavy atom. The van der Waals surface area contributed by atoms with E-state index in [1.807, 2.05) is 45.9 Å². The van der Waals surface area contributed by atoms with Crippen LogP contribution in [0.5, 0.6) is 0 Å². The van der Waals surface area contributed by atoms with Gasteiger partial charge in [0.1, 0.15) is 11.7 Å². The first-order chi connectivity index (χ1) is 11.8. The molecule has 2 aromatic heterocycles. The predicted octanol–water partition coefficient (Wildman–Crippen LogP) is 3.48. The van der Waals surface area contributed by atoms with Crippen molar-refractivity contribution in [3.8, 4) is 17.3 Å². The van der Waals surface area contributed by atoms with E-state index in [9.17, 15) is 10.1 Å². The Kier molecular flexibility index (Phi) is 4.25. The number of amides is 1. The van der Waals surface area contributed by atoms with Crippen molar-refractivity contribution in [1.82, 2.24) is 14.5 Å². The largest absolute Gasteiger partial charge is 0.444 e. The zero-order chi connectivity index (χ0) is 18.2. The Morgan fingerprint density at radius 1 is 1.36 bits per heavy atom. The summed E-state index contributed by atoms with van der Waals surface area (Å²) in [5, 5.41) is 9.52. The Balaban J connectivity index is 1.95. The second-order valence-electron chi connectivity index (χ2n) is 7.19. The zero-order valence-electron chi connectivity index (χ0n) is 15.0. The fourth-order valence-electron chi connectivity index (χ4n) is 3.05. The van der Waals surface area contributed by atoms with Crippen molar-refractivity contribution >= 4 is 6.09 Å². The van der Waals surface area contributed by atoms with Crippen molar-refractivity contribution in [2.24, 2.45) is 0 Å². The Hall–Kier alpha value is -2.81. The lowest BCUT2D eigenvalue weighted by Gasteiger charge is -2.32. The molecular formula is C19H22N4O2. The molecule has 0 saturated carbocycles. The topological polar surface area (TPSA) is 71.2 Å². The molecule has 6 nitrogen and oxygen atoms in total. The van der Waals surface area contributed by atoms with Gasteiger partial charge in [-0.05, 0) is 45.9 Å². The number of aryl methyl sites for hydroxylation is 1. The summed E-state index contributed by atoms with van der Waals surface area (Å²) in [6, 6.07) is 8.04. The van der Waals surface area contributed by atoms with Gasteiger partial charge in [-0.1, -0.05) is 0 Å². The molecule has 0 saturated heterocycles. The molecule has 0 fully saturated rings. The van der Waals surface area contributed by atoms with E-state index in [4.69, 9.17) is 4.74 Å². The molecule has 0 aliphatic carbocycles. The second-order valence-corrected chi connectivity index (χ2v) is 7.19. The number of ether oxygens (including phenoxy) is 1. The molecule has 3 rings (SSSR count). The summed E-state index contributed by atoms with van der Waals surface area (Å²) in [5.74, 6) is 0. The maximum atomic E-state index is 12.4. The van der Waals surface area contributed by atoms with Crippen LogP contribution in [0, 0.1) is 18.3 Å². The van der Waals surface area contributed by atoms with E-state index in [2.05, 4.69) is 15.6 Å². The van der Waals surface area contributed by atoms with E-state index < -0.39 is 5.60 Å². The van der Waals surface area contributed by atoms with Gasteiger partial charge in [0.25, 0.3) is 0 Å². The van der Waals surface area contributed by atoms with E-state index in [1.54, 1.807) is 11.1 Å². The van der Waals surface area contributed by atoms with Gasteiger partial charge >= 0.3 is 6.09 Å². The number of carbonyl (C=O) groups excluding carboxylic acids is 1. The van der Waals surface area contributed by atoms with Gasteiger partial charge in [-0.2, -0.15) is 5.26 Å². The maximum absolute atomic E-state index is 12.4. The first-order valence-corrected chi connectivity index (χ1v) is 8.32. The minimum Gasteiger partial charge on any atom is -0.444 e. The van der Waals surface area contributed by atoms with Crippen molar-refractivity contribution in [3.63, 3.8) is 0 Å². The molecule has 6 heteroatoms. The second kappa shape index (κ2) is 6.25. The van der Waals surface area contributed by atoms with Crippen molar-refractivity contribution in [2.75, 3.05) is 6.54 Å². The Morgan fingerprint density at radius 3 is 2.76 bits per heavy atom. The van der Waals surface area contributed by atoms with Crippen LogP contribution in [0.2, 0.25) is 0 Å². The van der Waals surface area contributed by atoms with Gasteiger partial charge in [-0.25, -0.2) is 4.79 Å². The molecule has 3 heterocycles. The summed E-state index contributed by atoms with van der Waals surface area (Å²) in [7, 11) is 0. The minimum atomic E-state index is -0.535. The standard InChI is InChI=1S/C19H22N4O2/c1-13-15(6-5-7-21-13)16-10-14(11-20)17-12-22(8-9-23(16)17)18(24)25-19(2,3)4/h5-7,10H,8-9,12H2,1-4H3. The number of aromatic nitrogens is 2. The monoisotopic (exact) mass is 338 g/mol. The molecule has 0 atom stereocenters. The van der Waals surface area contributed by atoms with Gasteiger partial charge in [-0.3, -0.25) is 4.98 Å². The fraction of sp³-hybridized carbons (Fsp3) is 0.421. The van der Waals surface area contributed by atoms with Crippen molar-refractivity contribution < 1.29 is 9.53 Å². The SMILES string of the molecule is Cc1ncccc1-c1cc(C#N)c2n1CCN(C(=O)OC(C)(C)C)C2. The third-order valence-electron chi connectivity index (χ3n) is 4.20. The molecule has 0 unspecified atom stereocenters. The number of pyridine rings is 1. The highest BCUT2D eigenvalue weighted by atomic mass is 16.6. The lowest BCUT2D eigenvalue weighted by atomic mass is 10.1. The molecule has 0 radical (unpaired) electrons. The Labute approximate surface area is 147 Å². The molecule has 25 heavy (non-hydrogen) atoms. The lowest BCUT2D eigenvalue weighted by molar-refractivity contribution is 0.0199. The smallest absolute Gasteiger partial charge is 0.410 e. The number of hydrogen-bond acceptors (Lipinski definition) is 4. The maximum Gasteiger partial charge on any atom is 0.410 e. The van der Waals surface area contributed by atoms with Crippen LogP contribution >= 0.6 is 0 Å². The van der Waals surface area contributed by atoms with E-state index >= 15 is 0 Å². The number of nitriles is 1. The molecule has 0 aromatic carbocycles. The van der Waals surface area contributed by atoms with Gasteiger partial charge < -0.3 is 14.2 Å². The highest BCUT2D eigenvalue weighted by molar-refractivity contribution is 5.70. The van der Waals surface area contributed by atoms with Crippen LogP contribution in [-0.4, -0.2) is 32.7 Å². The number of carbonyl (C=O) groups is 1. The lowest BCUT2D eigenvalue weighted by Crippen LogP contribution is -2.41. The van der Waals surface area contributed by atoms with Crippen LogP contribution in [0.25, 0.3) is 11.3 Å². The first kappa shape index (κ1) is 17.0. The summed E-state index contributed by atoms with van der Waals surface area (Å²) in [6.45, 7) is 9.05. The summed E-state index contributed by atoms with van der Waals surface area (Å²) in [4.78, 5) is 18.4. The van der Waals surface area contributed by atoms with Crippen LogP contribution in [0.3, 0.4) is 0 Å². The third-order valence-corrected chi connectivity index (χ3v) is 4.20. The molecule has 1 amide bonds. The van der Waals surface area contributed by atoms with Gasteiger partial charge in [0.15, 0.2) is 0 Å². The summed E-state index contributed by atoms with van der Waals surface area (Å²) >= 11 is 0. The number of hydrogen-bond donors (Lipinski definition) is 0. The van der Waals surface area contributed by atoms with Crippen LogP contribution < -0.4 is 0 Å². The number of rotatable bonds is 1. The van der Waals surface area contributed by atoms with Gasteiger partial charge in [-0.15, -0.1) is 0 Å². The summed E-state index contributed by atoms with van der Waals surface area (Å²) in [6.07, 6.45) is 1.41. The van der Waals surface area contributed by atoms with E-state index in [0.717, 1.165) is 22.6 Å². The van der Waals surface area contributed by atoms with Crippen LogP contribution in [0.1, 0.15) is 37.7 Å². The normalized spacial score (nSPS) is 14.0. The van der Waals surface area contributed by atoms with Crippen LogP contribution in [0.4, 0.5) is 4.79 Å². The van der Waals surface area contributed by atoms with Crippen LogP contribution in [0.15, 0.2) is 24.4 Å². The molecular weight excluding hydrogens is 316 g/mol. The molecule has 0 spiro atoms. The number of fused-ring (bicyclic) bond motifs is 1. The van der Waals surface area contributed by atoms with Crippen molar-refractivity contribution in [2.45, 2.75) is 46.4 Å². The van der Waals surface area contributed by atoms with Gasteiger partial charge in [0.2, 0.25) is 0 Å². The fourth-order valence-corrected chi connectivity index (χ4v) is 3.05. The molecule has 1 aliphatic rings. The first-order valence-electron chi connectivity index (χ1n) is 8.32. The minimum absolute atomic E-state index is 0.344. The molecule has 130 valence electrons.